The molecule has 0 unspecified atom stereocenters. The van der Waals surface area contributed by atoms with E-state index in [2.05, 4.69) is 4.74 Å². The van der Waals surface area contributed by atoms with Crippen molar-refractivity contribution in [3.63, 3.8) is 0 Å². The highest BCUT2D eigenvalue weighted by Gasteiger charge is 2.06. The van der Waals surface area contributed by atoms with Gasteiger partial charge in [0.15, 0.2) is 0 Å². The molecule has 0 aliphatic rings. The van der Waals surface area contributed by atoms with E-state index in [1.54, 1.807) is 0 Å². The Hall–Kier alpha value is -2.12. The maximum atomic E-state index is 11.2. The molecule has 0 aliphatic heterocycles. The number of carboxylic acid groups (broad SMARTS) is 1. The van der Waals surface area contributed by atoms with Crippen LogP contribution in [0.4, 0.5) is 0 Å². The van der Waals surface area contributed by atoms with Gasteiger partial charge >= 0.3 is 17.9 Å². The minimum atomic E-state index is -0.934. The third-order valence-electron chi connectivity index (χ3n) is 2.30. The minimum Gasteiger partial charge on any atom is -0.481 e. The quantitative estimate of drug-likeness (QED) is 0.228. The van der Waals surface area contributed by atoms with Gasteiger partial charge in [-0.2, -0.15) is 0 Å². The first-order valence-electron chi connectivity index (χ1n) is 6.64. The van der Waals surface area contributed by atoms with E-state index < -0.39 is 17.9 Å². The van der Waals surface area contributed by atoms with E-state index in [0.717, 1.165) is 0 Å². The zero-order valence-electron chi connectivity index (χ0n) is 11.7. The second kappa shape index (κ2) is 12.9. The first kappa shape index (κ1) is 18.9. The SMILES string of the molecule is O=COCCCC(=O)OCCCC(=O)OCCCC(=O)O. The summed E-state index contributed by atoms with van der Waals surface area (Å²) in [7, 11) is 0. The molecule has 0 saturated heterocycles. The first-order chi connectivity index (χ1) is 10.1. The van der Waals surface area contributed by atoms with Crippen LogP contribution in [0.15, 0.2) is 0 Å². The first-order valence-corrected chi connectivity index (χ1v) is 6.64. The lowest BCUT2D eigenvalue weighted by Crippen LogP contribution is -2.11. The van der Waals surface area contributed by atoms with Crippen molar-refractivity contribution in [2.45, 2.75) is 38.5 Å². The molecule has 8 nitrogen and oxygen atoms in total. The average Bonchev–Trinajstić information content (AvgIpc) is 2.44. The highest BCUT2D eigenvalue weighted by Crippen LogP contribution is 1.99. The number of carboxylic acids is 1. The Labute approximate surface area is 122 Å². The molecule has 0 aromatic heterocycles. The molecule has 0 fully saturated rings. The van der Waals surface area contributed by atoms with Crippen LogP contribution >= 0.6 is 0 Å². The van der Waals surface area contributed by atoms with Crippen molar-refractivity contribution in [1.82, 2.24) is 0 Å². The lowest BCUT2D eigenvalue weighted by atomic mass is 10.3. The van der Waals surface area contributed by atoms with Gasteiger partial charge in [0, 0.05) is 19.3 Å². The number of aliphatic carboxylic acids is 1. The molecule has 0 radical (unpaired) electrons. The Balaban J connectivity index is 3.40. The van der Waals surface area contributed by atoms with Gasteiger partial charge < -0.3 is 19.3 Å². The molecule has 0 saturated carbocycles. The van der Waals surface area contributed by atoms with E-state index in [1.807, 2.05) is 0 Å². The van der Waals surface area contributed by atoms with Crippen LogP contribution in [0, 0.1) is 0 Å². The molecule has 0 spiro atoms. The van der Waals surface area contributed by atoms with Crippen molar-refractivity contribution in [2.75, 3.05) is 19.8 Å². The summed E-state index contributed by atoms with van der Waals surface area (Å²) in [6, 6.07) is 0. The molecule has 8 heteroatoms. The molecule has 120 valence electrons. The number of ether oxygens (including phenoxy) is 3. The summed E-state index contributed by atoms with van der Waals surface area (Å²) in [5.74, 6) is -1.80. The standard InChI is InChI=1S/C13H20O8/c14-10-19-7-2-5-12(17)21-9-3-6-13(18)20-8-1-4-11(15)16/h10H,1-9H2,(H,15,16). The van der Waals surface area contributed by atoms with Gasteiger partial charge in [-0.1, -0.05) is 0 Å². The smallest absolute Gasteiger partial charge is 0.305 e. The zero-order valence-corrected chi connectivity index (χ0v) is 11.7. The van der Waals surface area contributed by atoms with Gasteiger partial charge in [-0.05, 0) is 19.3 Å². The summed E-state index contributed by atoms with van der Waals surface area (Å²) < 4.78 is 14.1. The van der Waals surface area contributed by atoms with Crippen LogP contribution in [0.1, 0.15) is 38.5 Å². The van der Waals surface area contributed by atoms with Gasteiger partial charge in [-0.3, -0.25) is 19.2 Å². The summed E-state index contributed by atoms with van der Waals surface area (Å²) >= 11 is 0. The van der Waals surface area contributed by atoms with E-state index in [1.165, 1.54) is 0 Å². The predicted octanol–water partition coefficient (Wildman–Crippen LogP) is 0.671. The maximum Gasteiger partial charge on any atom is 0.305 e. The van der Waals surface area contributed by atoms with Crippen LogP contribution in [0.25, 0.3) is 0 Å². The Bertz CT molecular complexity index is 339. The van der Waals surface area contributed by atoms with E-state index in [9.17, 15) is 19.2 Å². The summed E-state index contributed by atoms with van der Waals surface area (Å²) in [4.78, 5) is 42.5. The Morgan fingerprint density at radius 2 is 1.29 bits per heavy atom. The number of rotatable bonds is 13. The number of hydrogen-bond donors (Lipinski definition) is 1. The third kappa shape index (κ3) is 14.1. The van der Waals surface area contributed by atoms with E-state index >= 15 is 0 Å². The topological polar surface area (TPSA) is 116 Å². The number of esters is 2. The maximum absolute atomic E-state index is 11.2. The second-order valence-corrected chi connectivity index (χ2v) is 4.11. The summed E-state index contributed by atoms with van der Waals surface area (Å²) in [5.41, 5.74) is 0. The fraction of sp³-hybridized carbons (Fsp3) is 0.692. The van der Waals surface area contributed by atoms with Crippen molar-refractivity contribution in [3.05, 3.63) is 0 Å². The molecular weight excluding hydrogens is 284 g/mol. The molecule has 0 aromatic rings. The van der Waals surface area contributed by atoms with Gasteiger partial charge in [0.1, 0.15) is 0 Å². The van der Waals surface area contributed by atoms with E-state index in [0.29, 0.717) is 19.3 Å². The summed E-state index contributed by atoms with van der Waals surface area (Å²) in [6.45, 7) is 0.661. The van der Waals surface area contributed by atoms with E-state index in [-0.39, 0.29) is 45.5 Å². The lowest BCUT2D eigenvalue weighted by Gasteiger charge is -2.05. The number of hydrogen-bond acceptors (Lipinski definition) is 7. The molecule has 21 heavy (non-hydrogen) atoms. The third-order valence-corrected chi connectivity index (χ3v) is 2.30. The van der Waals surface area contributed by atoms with Crippen molar-refractivity contribution in [1.29, 1.82) is 0 Å². The Kier molecular flexibility index (Phi) is 11.6. The molecule has 0 rings (SSSR count). The zero-order chi connectivity index (χ0) is 15.9. The fourth-order valence-corrected chi connectivity index (χ4v) is 1.30. The number of carbonyl (C=O) groups is 4. The monoisotopic (exact) mass is 304 g/mol. The molecule has 0 atom stereocenters. The van der Waals surface area contributed by atoms with Crippen molar-refractivity contribution < 1.29 is 38.5 Å². The molecule has 0 heterocycles. The van der Waals surface area contributed by atoms with Crippen LogP contribution in [0.5, 0.6) is 0 Å². The van der Waals surface area contributed by atoms with Crippen LogP contribution in [0.3, 0.4) is 0 Å². The summed E-state index contributed by atoms with van der Waals surface area (Å²) in [5, 5.41) is 8.38. The van der Waals surface area contributed by atoms with Crippen molar-refractivity contribution in [2.24, 2.45) is 0 Å². The van der Waals surface area contributed by atoms with E-state index in [4.69, 9.17) is 14.6 Å². The lowest BCUT2D eigenvalue weighted by molar-refractivity contribution is -0.148. The Morgan fingerprint density at radius 3 is 1.76 bits per heavy atom. The summed E-state index contributed by atoms with van der Waals surface area (Å²) in [6.07, 6.45) is 1.22. The van der Waals surface area contributed by atoms with Crippen LogP contribution in [-0.2, 0) is 33.4 Å². The molecule has 0 aliphatic carbocycles. The van der Waals surface area contributed by atoms with Crippen molar-refractivity contribution >= 4 is 24.4 Å². The highest BCUT2D eigenvalue weighted by molar-refractivity contribution is 5.70. The van der Waals surface area contributed by atoms with Crippen molar-refractivity contribution in [3.8, 4) is 0 Å². The Morgan fingerprint density at radius 1 is 0.810 bits per heavy atom. The van der Waals surface area contributed by atoms with Gasteiger partial charge in [-0.25, -0.2) is 0 Å². The molecule has 0 amide bonds. The van der Waals surface area contributed by atoms with Crippen LogP contribution in [-0.4, -0.2) is 49.3 Å². The molecule has 0 bridgehead atoms. The van der Waals surface area contributed by atoms with Crippen LogP contribution < -0.4 is 0 Å². The highest BCUT2D eigenvalue weighted by atomic mass is 16.5. The normalized spacial score (nSPS) is 9.71. The largest absolute Gasteiger partial charge is 0.481 e. The van der Waals surface area contributed by atoms with Gasteiger partial charge in [0.05, 0.1) is 19.8 Å². The van der Waals surface area contributed by atoms with Gasteiger partial charge in [0.2, 0.25) is 0 Å². The second-order valence-electron chi connectivity index (χ2n) is 4.11. The molecular formula is C13H20O8. The van der Waals surface area contributed by atoms with Gasteiger partial charge in [-0.15, -0.1) is 0 Å². The fourth-order valence-electron chi connectivity index (χ4n) is 1.30. The predicted molar refractivity (Wildman–Crippen MR) is 69.3 cm³/mol. The average molecular weight is 304 g/mol. The molecule has 0 aromatic carbocycles. The molecule has 1 N–H and O–H groups in total. The van der Waals surface area contributed by atoms with Crippen LogP contribution in [0.2, 0.25) is 0 Å². The number of carbonyl (C=O) groups excluding carboxylic acids is 3. The van der Waals surface area contributed by atoms with Gasteiger partial charge in [0.25, 0.3) is 6.47 Å². The minimum absolute atomic E-state index is 0.0429.